The normalized spacial score (nSPS) is 9.25. The standard InChI is InChI=1S/C7H12Cl/c1-3-4-5-6-7(2)8/h2H,3-6H2,1H3. The van der Waals surface area contributed by atoms with Crippen LogP contribution in [0, 0.1) is 6.58 Å². The molecule has 0 aliphatic carbocycles. The summed E-state index contributed by atoms with van der Waals surface area (Å²) >= 11 is 5.41. The van der Waals surface area contributed by atoms with Crippen molar-refractivity contribution >= 4 is 11.6 Å². The first kappa shape index (κ1) is 8.03. The quantitative estimate of drug-likeness (QED) is 0.515. The lowest BCUT2D eigenvalue weighted by molar-refractivity contribution is 0.725. The van der Waals surface area contributed by atoms with Gasteiger partial charge in [0.15, 0.2) is 0 Å². The average molecular weight is 132 g/mol. The molecule has 0 aromatic rings. The van der Waals surface area contributed by atoms with Crippen LogP contribution in [0.2, 0.25) is 0 Å². The predicted molar refractivity (Wildman–Crippen MR) is 37.8 cm³/mol. The largest absolute Gasteiger partial charge is 0.0892 e. The SMILES string of the molecule is [CH]=C(Cl)CCCCC. The summed E-state index contributed by atoms with van der Waals surface area (Å²) in [5.41, 5.74) is 0. The molecule has 0 rings (SSSR count). The van der Waals surface area contributed by atoms with Crippen molar-refractivity contribution in [3.05, 3.63) is 11.6 Å². The summed E-state index contributed by atoms with van der Waals surface area (Å²) in [6.07, 6.45) is 4.46. The van der Waals surface area contributed by atoms with Gasteiger partial charge >= 0.3 is 0 Å². The highest BCUT2D eigenvalue weighted by Crippen LogP contribution is 2.08. The molecule has 1 heteroatoms. The van der Waals surface area contributed by atoms with Crippen LogP contribution < -0.4 is 0 Å². The zero-order chi connectivity index (χ0) is 6.41. The molecule has 0 unspecified atom stereocenters. The topological polar surface area (TPSA) is 0 Å². The van der Waals surface area contributed by atoms with Crippen LogP contribution in [0.5, 0.6) is 0 Å². The Balaban J connectivity index is 2.82. The van der Waals surface area contributed by atoms with Gasteiger partial charge in [0.05, 0.1) is 0 Å². The number of unbranched alkanes of at least 4 members (excludes halogenated alkanes) is 2. The van der Waals surface area contributed by atoms with E-state index in [9.17, 15) is 0 Å². The van der Waals surface area contributed by atoms with Crippen molar-refractivity contribution in [3.8, 4) is 0 Å². The Morgan fingerprint density at radius 1 is 1.50 bits per heavy atom. The smallest absolute Gasteiger partial charge is 0.0181 e. The van der Waals surface area contributed by atoms with Crippen molar-refractivity contribution in [2.45, 2.75) is 32.6 Å². The van der Waals surface area contributed by atoms with Gasteiger partial charge in [-0.1, -0.05) is 31.4 Å². The fraction of sp³-hybridized carbons (Fsp3) is 0.714. The van der Waals surface area contributed by atoms with E-state index in [0.29, 0.717) is 5.03 Å². The molecule has 0 fully saturated rings. The lowest BCUT2D eigenvalue weighted by Gasteiger charge is -1.92. The number of halogens is 1. The minimum absolute atomic E-state index is 0.540. The molecule has 0 saturated heterocycles. The average Bonchev–Trinajstić information content (AvgIpc) is 1.66. The molecule has 0 atom stereocenters. The summed E-state index contributed by atoms with van der Waals surface area (Å²) in [5.74, 6) is 0. The second-order valence-electron chi connectivity index (χ2n) is 1.90. The Morgan fingerprint density at radius 2 is 2.12 bits per heavy atom. The molecule has 0 bridgehead atoms. The molecule has 0 nitrogen and oxygen atoms in total. The van der Waals surface area contributed by atoms with Crippen molar-refractivity contribution in [1.82, 2.24) is 0 Å². The van der Waals surface area contributed by atoms with Gasteiger partial charge in [-0.15, -0.1) is 0 Å². The van der Waals surface area contributed by atoms with Crippen LogP contribution in [-0.2, 0) is 0 Å². The fourth-order valence-electron chi connectivity index (χ4n) is 0.544. The summed E-state index contributed by atoms with van der Waals surface area (Å²) in [6, 6.07) is 0. The Hall–Kier alpha value is 0.0300. The maximum atomic E-state index is 5.41. The van der Waals surface area contributed by atoms with Gasteiger partial charge in [0.25, 0.3) is 0 Å². The lowest BCUT2D eigenvalue weighted by Crippen LogP contribution is -1.72. The van der Waals surface area contributed by atoms with Gasteiger partial charge < -0.3 is 0 Å². The molecule has 8 heavy (non-hydrogen) atoms. The maximum Gasteiger partial charge on any atom is 0.0181 e. The summed E-state index contributed by atoms with van der Waals surface area (Å²) in [5, 5.41) is 0.540. The third-order valence-corrected chi connectivity index (χ3v) is 1.21. The highest BCUT2D eigenvalue weighted by molar-refractivity contribution is 6.28. The Kier molecular flexibility index (Phi) is 5.19. The van der Waals surface area contributed by atoms with Crippen LogP contribution in [0.15, 0.2) is 5.03 Å². The predicted octanol–water partition coefficient (Wildman–Crippen LogP) is 3.12. The molecule has 0 aromatic carbocycles. The van der Waals surface area contributed by atoms with Crippen molar-refractivity contribution in [1.29, 1.82) is 0 Å². The molecule has 0 aliphatic rings. The summed E-state index contributed by atoms with van der Waals surface area (Å²) in [4.78, 5) is 0. The molecular weight excluding hydrogens is 120 g/mol. The van der Waals surface area contributed by atoms with E-state index in [4.69, 9.17) is 18.2 Å². The molecule has 0 saturated carbocycles. The highest BCUT2D eigenvalue weighted by Gasteiger charge is 1.86. The van der Waals surface area contributed by atoms with Crippen LogP contribution in [0.25, 0.3) is 0 Å². The van der Waals surface area contributed by atoms with E-state index < -0.39 is 0 Å². The molecule has 0 heterocycles. The van der Waals surface area contributed by atoms with Gasteiger partial charge in [0.2, 0.25) is 0 Å². The molecular formula is C7H12Cl. The first-order valence-electron chi connectivity index (χ1n) is 3.04. The molecule has 0 amide bonds. The third-order valence-electron chi connectivity index (χ3n) is 1.02. The maximum absolute atomic E-state index is 5.41. The summed E-state index contributed by atoms with van der Waals surface area (Å²) in [6.45, 7) is 7.37. The Bertz CT molecular complexity index is 66.8. The van der Waals surface area contributed by atoms with E-state index >= 15 is 0 Å². The summed E-state index contributed by atoms with van der Waals surface area (Å²) < 4.78 is 0. The van der Waals surface area contributed by atoms with E-state index in [1.54, 1.807) is 0 Å². The second kappa shape index (κ2) is 5.17. The van der Waals surface area contributed by atoms with Crippen LogP contribution in [0.4, 0.5) is 0 Å². The fourth-order valence-corrected chi connectivity index (χ4v) is 0.678. The minimum Gasteiger partial charge on any atom is -0.0892 e. The molecule has 0 spiro atoms. The summed E-state index contributed by atoms with van der Waals surface area (Å²) in [7, 11) is 0. The van der Waals surface area contributed by atoms with Crippen molar-refractivity contribution < 1.29 is 0 Å². The molecule has 0 aliphatic heterocycles. The monoisotopic (exact) mass is 131 g/mol. The van der Waals surface area contributed by atoms with Crippen LogP contribution in [0.3, 0.4) is 0 Å². The molecule has 47 valence electrons. The van der Waals surface area contributed by atoms with Crippen molar-refractivity contribution in [3.63, 3.8) is 0 Å². The third kappa shape index (κ3) is 6.03. The lowest BCUT2D eigenvalue weighted by atomic mass is 10.2. The van der Waals surface area contributed by atoms with E-state index in [1.807, 2.05) is 0 Å². The van der Waals surface area contributed by atoms with Gasteiger partial charge in [0.1, 0.15) is 0 Å². The van der Waals surface area contributed by atoms with Gasteiger partial charge in [-0.05, 0) is 19.4 Å². The molecule has 0 N–H and O–H groups in total. The minimum atomic E-state index is 0.540. The van der Waals surface area contributed by atoms with Gasteiger partial charge in [0, 0.05) is 5.03 Å². The van der Waals surface area contributed by atoms with Crippen LogP contribution >= 0.6 is 11.6 Å². The van der Waals surface area contributed by atoms with Gasteiger partial charge in [-0.3, -0.25) is 0 Å². The Labute approximate surface area is 56.5 Å². The zero-order valence-electron chi connectivity index (χ0n) is 5.28. The molecule has 0 aromatic heterocycles. The van der Waals surface area contributed by atoms with E-state index in [0.717, 1.165) is 12.8 Å². The first-order chi connectivity index (χ1) is 3.77. The van der Waals surface area contributed by atoms with Gasteiger partial charge in [-0.25, -0.2) is 0 Å². The number of hydrogen-bond donors (Lipinski definition) is 0. The van der Waals surface area contributed by atoms with Crippen molar-refractivity contribution in [2.75, 3.05) is 0 Å². The highest BCUT2D eigenvalue weighted by atomic mass is 35.5. The first-order valence-corrected chi connectivity index (χ1v) is 3.42. The molecule has 1 radical (unpaired) electrons. The zero-order valence-corrected chi connectivity index (χ0v) is 6.04. The number of rotatable bonds is 4. The van der Waals surface area contributed by atoms with E-state index in [-0.39, 0.29) is 0 Å². The van der Waals surface area contributed by atoms with Crippen LogP contribution in [-0.4, -0.2) is 0 Å². The Morgan fingerprint density at radius 3 is 2.50 bits per heavy atom. The second-order valence-corrected chi connectivity index (χ2v) is 2.39. The number of hydrogen-bond acceptors (Lipinski definition) is 0. The van der Waals surface area contributed by atoms with Crippen LogP contribution in [0.1, 0.15) is 32.6 Å². The number of allylic oxidation sites excluding steroid dienone is 1. The van der Waals surface area contributed by atoms with Gasteiger partial charge in [-0.2, -0.15) is 0 Å². The van der Waals surface area contributed by atoms with E-state index in [2.05, 4.69) is 6.92 Å². The van der Waals surface area contributed by atoms with E-state index in [1.165, 1.54) is 12.8 Å². The van der Waals surface area contributed by atoms with Crippen molar-refractivity contribution in [2.24, 2.45) is 0 Å².